The summed E-state index contributed by atoms with van der Waals surface area (Å²) in [6, 6.07) is 6.86. The average molecular weight is 300 g/mol. The number of carbonyl (C=O) groups excluding carboxylic acids is 1. The average Bonchev–Trinajstić information content (AvgIpc) is 2.51. The standard InChI is InChI=1S/C16H20N4O2/c1-10(2)8-9-11(3)17-20-16(22)14-12-6-4-5-7-13(12)15(21)19-18-14/h4-7,10H,8-9H2,1-3H3,(H,19,21)(H,20,22)/b17-11-. The number of amides is 1. The first-order valence-electron chi connectivity index (χ1n) is 7.30. The molecule has 6 heteroatoms. The summed E-state index contributed by atoms with van der Waals surface area (Å²) in [5, 5.41) is 11.2. The molecule has 2 N–H and O–H groups in total. The zero-order valence-corrected chi connectivity index (χ0v) is 13.0. The molecule has 0 fully saturated rings. The fourth-order valence-corrected chi connectivity index (χ4v) is 2.04. The largest absolute Gasteiger partial charge is 0.292 e. The molecule has 0 aliphatic rings. The van der Waals surface area contributed by atoms with Crippen LogP contribution in [0.1, 0.15) is 44.1 Å². The van der Waals surface area contributed by atoms with E-state index in [9.17, 15) is 9.59 Å². The molecule has 0 saturated heterocycles. The second-order valence-corrected chi connectivity index (χ2v) is 5.67. The van der Waals surface area contributed by atoms with Gasteiger partial charge in [0.25, 0.3) is 11.5 Å². The maximum absolute atomic E-state index is 12.2. The number of rotatable bonds is 5. The van der Waals surface area contributed by atoms with Gasteiger partial charge in [-0.05, 0) is 31.7 Å². The third-order valence-corrected chi connectivity index (χ3v) is 3.34. The Morgan fingerprint density at radius 2 is 2.00 bits per heavy atom. The van der Waals surface area contributed by atoms with Gasteiger partial charge in [0.15, 0.2) is 5.69 Å². The van der Waals surface area contributed by atoms with Crippen LogP contribution in [0.2, 0.25) is 0 Å². The number of H-pyrrole nitrogens is 1. The number of aromatic nitrogens is 2. The highest BCUT2D eigenvalue weighted by atomic mass is 16.2. The van der Waals surface area contributed by atoms with E-state index in [0.717, 1.165) is 18.6 Å². The Kier molecular flexibility index (Phi) is 5.04. The summed E-state index contributed by atoms with van der Waals surface area (Å²) in [7, 11) is 0. The van der Waals surface area contributed by atoms with Crippen molar-refractivity contribution in [2.24, 2.45) is 11.0 Å². The van der Waals surface area contributed by atoms with E-state index in [-0.39, 0.29) is 11.3 Å². The van der Waals surface area contributed by atoms with E-state index in [4.69, 9.17) is 0 Å². The van der Waals surface area contributed by atoms with Gasteiger partial charge in [-0.3, -0.25) is 9.59 Å². The van der Waals surface area contributed by atoms with Crippen LogP contribution in [0.4, 0.5) is 0 Å². The van der Waals surface area contributed by atoms with Crippen molar-refractivity contribution in [1.82, 2.24) is 15.6 Å². The molecule has 22 heavy (non-hydrogen) atoms. The Hall–Kier alpha value is -2.50. The second kappa shape index (κ2) is 6.98. The van der Waals surface area contributed by atoms with Crippen LogP contribution in [0.15, 0.2) is 34.2 Å². The molecular weight excluding hydrogens is 280 g/mol. The minimum absolute atomic E-state index is 0.163. The van der Waals surface area contributed by atoms with Crippen molar-refractivity contribution < 1.29 is 4.79 Å². The zero-order chi connectivity index (χ0) is 16.1. The van der Waals surface area contributed by atoms with Crippen LogP contribution >= 0.6 is 0 Å². The van der Waals surface area contributed by atoms with E-state index in [1.54, 1.807) is 24.3 Å². The minimum atomic E-state index is -0.434. The van der Waals surface area contributed by atoms with Crippen LogP contribution in [0.5, 0.6) is 0 Å². The van der Waals surface area contributed by atoms with Gasteiger partial charge in [-0.15, -0.1) is 0 Å². The molecule has 6 nitrogen and oxygen atoms in total. The molecule has 0 aliphatic heterocycles. The van der Waals surface area contributed by atoms with Gasteiger partial charge in [0.05, 0.1) is 5.39 Å². The fraction of sp³-hybridized carbons (Fsp3) is 0.375. The lowest BCUT2D eigenvalue weighted by molar-refractivity contribution is 0.0950. The van der Waals surface area contributed by atoms with Crippen LogP contribution < -0.4 is 11.0 Å². The molecule has 0 radical (unpaired) electrons. The van der Waals surface area contributed by atoms with Crippen LogP contribution in [0, 0.1) is 5.92 Å². The molecule has 0 spiro atoms. The van der Waals surface area contributed by atoms with Crippen molar-refractivity contribution in [1.29, 1.82) is 0 Å². The number of aromatic amines is 1. The number of benzene rings is 1. The van der Waals surface area contributed by atoms with Gasteiger partial charge in [0.1, 0.15) is 0 Å². The highest BCUT2D eigenvalue weighted by molar-refractivity contribution is 6.04. The number of hydrogen-bond donors (Lipinski definition) is 2. The summed E-state index contributed by atoms with van der Waals surface area (Å²) < 4.78 is 0. The molecule has 116 valence electrons. The van der Waals surface area contributed by atoms with Gasteiger partial charge >= 0.3 is 0 Å². The van der Waals surface area contributed by atoms with Crippen molar-refractivity contribution >= 4 is 22.4 Å². The van der Waals surface area contributed by atoms with Gasteiger partial charge in [0, 0.05) is 11.1 Å². The number of nitrogens with zero attached hydrogens (tertiary/aromatic N) is 2. The number of fused-ring (bicyclic) bond motifs is 1. The van der Waals surface area contributed by atoms with Crippen molar-refractivity contribution in [3.8, 4) is 0 Å². The molecule has 2 rings (SSSR count). The highest BCUT2D eigenvalue weighted by Gasteiger charge is 2.13. The molecule has 0 aliphatic carbocycles. The Labute approximate surface area is 128 Å². The maximum Gasteiger partial charge on any atom is 0.292 e. The Morgan fingerprint density at radius 1 is 1.32 bits per heavy atom. The van der Waals surface area contributed by atoms with E-state index in [0.29, 0.717) is 16.7 Å². The first-order chi connectivity index (χ1) is 10.5. The van der Waals surface area contributed by atoms with Crippen molar-refractivity contribution in [3.05, 3.63) is 40.3 Å². The minimum Gasteiger partial charge on any atom is -0.267 e. The van der Waals surface area contributed by atoms with Crippen LogP contribution in [0.3, 0.4) is 0 Å². The molecule has 1 aromatic carbocycles. The summed E-state index contributed by atoms with van der Waals surface area (Å²) in [6.45, 7) is 6.16. The molecular formula is C16H20N4O2. The molecule has 1 heterocycles. The van der Waals surface area contributed by atoms with Crippen molar-refractivity contribution in [2.75, 3.05) is 0 Å². The highest BCUT2D eigenvalue weighted by Crippen LogP contribution is 2.12. The Morgan fingerprint density at radius 3 is 2.68 bits per heavy atom. The molecule has 0 unspecified atom stereocenters. The quantitative estimate of drug-likeness (QED) is 0.657. The Bertz CT molecular complexity index is 762. The number of hydrogen-bond acceptors (Lipinski definition) is 4. The summed E-state index contributed by atoms with van der Waals surface area (Å²) in [5.74, 6) is 0.155. The van der Waals surface area contributed by atoms with Crippen LogP contribution in [-0.2, 0) is 0 Å². The number of nitrogens with one attached hydrogen (secondary N) is 2. The first kappa shape index (κ1) is 15.9. The Balaban J connectivity index is 2.19. The van der Waals surface area contributed by atoms with E-state index in [1.165, 1.54) is 0 Å². The summed E-state index contributed by atoms with van der Waals surface area (Å²) in [6.07, 6.45) is 1.85. The summed E-state index contributed by atoms with van der Waals surface area (Å²) in [5.41, 5.74) is 3.20. The lowest BCUT2D eigenvalue weighted by Gasteiger charge is -2.06. The first-order valence-corrected chi connectivity index (χ1v) is 7.30. The van der Waals surface area contributed by atoms with Crippen LogP contribution in [-0.4, -0.2) is 21.8 Å². The third-order valence-electron chi connectivity index (χ3n) is 3.34. The summed E-state index contributed by atoms with van der Waals surface area (Å²) in [4.78, 5) is 23.9. The van der Waals surface area contributed by atoms with Crippen molar-refractivity contribution in [2.45, 2.75) is 33.6 Å². The van der Waals surface area contributed by atoms with Crippen molar-refractivity contribution in [3.63, 3.8) is 0 Å². The molecule has 0 bridgehead atoms. The fourth-order valence-electron chi connectivity index (χ4n) is 2.04. The number of carbonyl (C=O) groups is 1. The predicted molar refractivity (Wildman–Crippen MR) is 87.0 cm³/mol. The van der Waals surface area contributed by atoms with E-state index in [1.807, 2.05) is 6.92 Å². The van der Waals surface area contributed by atoms with Gasteiger partial charge < -0.3 is 0 Å². The van der Waals surface area contributed by atoms with Gasteiger partial charge in [-0.25, -0.2) is 10.5 Å². The maximum atomic E-state index is 12.2. The monoisotopic (exact) mass is 300 g/mol. The summed E-state index contributed by atoms with van der Waals surface area (Å²) >= 11 is 0. The lowest BCUT2D eigenvalue weighted by atomic mass is 10.1. The molecule has 0 saturated carbocycles. The lowest BCUT2D eigenvalue weighted by Crippen LogP contribution is -2.23. The SMILES string of the molecule is C/C(CCC(C)C)=N/NC(=O)c1n[nH]c(=O)c2ccccc12. The number of hydrazone groups is 1. The zero-order valence-electron chi connectivity index (χ0n) is 13.0. The molecule has 0 atom stereocenters. The van der Waals surface area contributed by atoms with Gasteiger partial charge in [-0.2, -0.15) is 10.2 Å². The van der Waals surface area contributed by atoms with Gasteiger partial charge in [-0.1, -0.05) is 32.0 Å². The normalized spacial score (nSPS) is 11.9. The second-order valence-electron chi connectivity index (χ2n) is 5.67. The third kappa shape index (κ3) is 3.78. The van der Waals surface area contributed by atoms with Crippen LogP contribution in [0.25, 0.3) is 10.8 Å². The topological polar surface area (TPSA) is 87.2 Å². The van der Waals surface area contributed by atoms with Gasteiger partial charge in [0.2, 0.25) is 0 Å². The molecule has 2 aromatic rings. The predicted octanol–water partition coefficient (Wildman–Crippen LogP) is 2.47. The van der Waals surface area contributed by atoms with E-state index < -0.39 is 5.91 Å². The van der Waals surface area contributed by atoms with E-state index >= 15 is 0 Å². The smallest absolute Gasteiger partial charge is 0.267 e. The molecule has 1 aromatic heterocycles. The van der Waals surface area contributed by atoms with E-state index in [2.05, 4.69) is 34.6 Å². The molecule has 1 amide bonds.